The molecule has 1 N–H and O–H groups in total. The zero-order chi connectivity index (χ0) is 25.4. The highest BCUT2D eigenvalue weighted by Crippen LogP contribution is 2.40. The quantitative estimate of drug-likeness (QED) is 0.199. The van der Waals surface area contributed by atoms with Gasteiger partial charge < -0.3 is 5.32 Å². The summed E-state index contributed by atoms with van der Waals surface area (Å²) in [5.74, 6) is -23.2. The Morgan fingerprint density at radius 2 is 1.12 bits per heavy atom. The van der Waals surface area contributed by atoms with Gasteiger partial charge in [-0.15, -0.1) is 11.8 Å². The van der Waals surface area contributed by atoms with Crippen molar-refractivity contribution in [1.82, 2.24) is 5.32 Å². The van der Waals surface area contributed by atoms with Crippen molar-refractivity contribution in [3.05, 3.63) is 52.4 Å². The molecular weight excluding hydrogens is 485 g/mol. The number of halogens is 9. The Labute approximate surface area is 187 Å². The van der Waals surface area contributed by atoms with Crippen LogP contribution >= 0.6 is 11.8 Å². The van der Waals surface area contributed by atoms with Crippen molar-refractivity contribution >= 4 is 17.5 Å². The van der Waals surface area contributed by atoms with Gasteiger partial charge in [0.1, 0.15) is 0 Å². The van der Waals surface area contributed by atoms with Crippen molar-refractivity contribution in [2.45, 2.75) is 38.1 Å². The number of thioether (sulfide) groups is 1. The Balaban J connectivity index is 2.65. The van der Waals surface area contributed by atoms with Crippen LogP contribution in [0, 0.1) is 58.3 Å². The fourth-order valence-electron chi connectivity index (χ4n) is 3.24. The molecule has 0 spiro atoms. The summed E-state index contributed by atoms with van der Waals surface area (Å²) in [5, 5.41) is 2.83. The molecule has 1 unspecified atom stereocenters. The SMILES string of the molecule is CCNC(C)(CSc1c(F)c(F)c(-c2c(F)c(F)c(F)c(F)c2F)c(F)c1F)C(=O)C(C)C. The molecule has 0 saturated carbocycles. The van der Waals surface area contributed by atoms with Crippen molar-refractivity contribution in [3.63, 3.8) is 0 Å². The van der Waals surface area contributed by atoms with Crippen molar-refractivity contribution in [2.75, 3.05) is 12.3 Å². The molecule has 2 rings (SSSR count). The van der Waals surface area contributed by atoms with E-state index in [0.29, 0.717) is 0 Å². The van der Waals surface area contributed by atoms with Gasteiger partial charge in [0.25, 0.3) is 0 Å². The molecule has 0 aliphatic carbocycles. The smallest absolute Gasteiger partial charge is 0.200 e. The largest absolute Gasteiger partial charge is 0.305 e. The van der Waals surface area contributed by atoms with Crippen molar-refractivity contribution in [1.29, 1.82) is 0 Å². The normalized spacial score (nSPS) is 13.5. The van der Waals surface area contributed by atoms with Gasteiger partial charge in [-0.3, -0.25) is 4.79 Å². The monoisotopic (exact) mass is 503 g/mol. The van der Waals surface area contributed by atoms with Gasteiger partial charge in [0, 0.05) is 11.7 Å². The Bertz CT molecular complexity index is 1050. The van der Waals surface area contributed by atoms with Crippen molar-refractivity contribution in [2.24, 2.45) is 5.92 Å². The van der Waals surface area contributed by atoms with Crippen molar-refractivity contribution in [3.8, 4) is 11.1 Å². The van der Waals surface area contributed by atoms with E-state index in [4.69, 9.17) is 0 Å². The molecule has 0 fully saturated rings. The zero-order valence-electron chi connectivity index (χ0n) is 17.7. The lowest BCUT2D eigenvalue weighted by Gasteiger charge is -2.30. The second kappa shape index (κ2) is 9.96. The molecule has 0 aliphatic rings. The number of rotatable bonds is 8. The molecule has 0 radical (unpaired) electrons. The Morgan fingerprint density at radius 1 is 0.758 bits per heavy atom. The van der Waals surface area contributed by atoms with Crippen LogP contribution in [-0.4, -0.2) is 23.6 Å². The summed E-state index contributed by atoms with van der Waals surface area (Å²) in [4.78, 5) is 11.2. The maximum Gasteiger partial charge on any atom is 0.200 e. The Kier molecular flexibility index (Phi) is 8.16. The fourth-order valence-corrected chi connectivity index (χ4v) is 4.35. The molecule has 12 heteroatoms. The first-order chi connectivity index (χ1) is 15.2. The minimum Gasteiger partial charge on any atom is -0.305 e. The molecule has 0 heterocycles. The third-order valence-electron chi connectivity index (χ3n) is 4.82. The topological polar surface area (TPSA) is 29.1 Å². The summed E-state index contributed by atoms with van der Waals surface area (Å²) in [5.41, 5.74) is -5.60. The summed E-state index contributed by atoms with van der Waals surface area (Å²) >= 11 is 0.207. The minimum atomic E-state index is -2.63. The molecule has 182 valence electrons. The van der Waals surface area contributed by atoms with Crippen LogP contribution in [0.5, 0.6) is 0 Å². The number of ketones is 1. The van der Waals surface area contributed by atoms with Gasteiger partial charge in [-0.05, 0) is 13.5 Å². The molecular formula is C21H18F9NOS. The summed E-state index contributed by atoms with van der Waals surface area (Å²) in [6.45, 7) is 6.47. The van der Waals surface area contributed by atoms with Crippen LogP contribution in [-0.2, 0) is 4.79 Å². The van der Waals surface area contributed by atoms with Gasteiger partial charge in [-0.1, -0.05) is 20.8 Å². The number of benzene rings is 2. The van der Waals surface area contributed by atoms with Crippen LogP contribution in [0.15, 0.2) is 4.90 Å². The van der Waals surface area contributed by atoms with Crippen LogP contribution in [0.25, 0.3) is 11.1 Å². The first-order valence-electron chi connectivity index (χ1n) is 9.51. The highest BCUT2D eigenvalue weighted by molar-refractivity contribution is 7.99. The van der Waals surface area contributed by atoms with E-state index in [1.54, 1.807) is 20.8 Å². The Hall–Kier alpha value is -2.21. The van der Waals surface area contributed by atoms with Crippen LogP contribution in [0.1, 0.15) is 27.7 Å². The van der Waals surface area contributed by atoms with E-state index in [2.05, 4.69) is 5.32 Å². The predicted octanol–water partition coefficient (Wildman–Crippen LogP) is 6.29. The summed E-state index contributed by atoms with van der Waals surface area (Å²) in [7, 11) is 0. The lowest BCUT2D eigenvalue weighted by molar-refractivity contribution is -0.127. The minimum absolute atomic E-state index is 0.207. The van der Waals surface area contributed by atoms with Crippen LogP contribution in [0.3, 0.4) is 0 Å². The molecule has 0 saturated heterocycles. The number of carbonyl (C=O) groups is 1. The van der Waals surface area contributed by atoms with Gasteiger partial charge in [0.05, 0.1) is 21.6 Å². The van der Waals surface area contributed by atoms with Gasteiger partial charge in [-0.2, -0.15) is 0 Å². The van der Waals surface area contributed by atoms with Gasteiger partial charge in [0.2, 0.25) is 5.82 Å². The molecule has 33 heavy (non-hydrogen) atoms. The van der Waals surface area contributed by atoms with E-state index in [-0.39, 0.29) is 24.1 Å². The third kappa shape index (κ3) is 4.72. The van der Waals surface area contributed by atoms with E-state index in [1.165, 1.54) is 6.92 Å². The highest BCUT2D eigenvalue weighted by atomic mass is 32.2. The number of hydrogen-bond donors (Lipinski definition) is 1. The molecule has 2 aromatic carbocycles. The number of likely N-dealkylation sites (N-methyl/N-ethyl adjacent to an activating group) is 1. The lowest BCUT2D eigenvalue weighted by Crippen LogP contribution is -2.53. The third-order valence-corrected chi connectivity index (χ3v) is 6.19. The summed E-state index contributed by atoms with van der Waals surface area (Å²) in [6.07, 6.45) is 0. The van der Waals surface area contributed by atoms with Gasteiger partial charge in [0.15, 0.2) is 52.3 Å². The first-order valence-corrected chi connectivity index (χ1v) is 10.5. The van der Waals surface area contributed by atoms with E-state index in [1.807, 2.05) is 0 Å². The van der Waals surface area contributed by atoms with Crippen LogP contribution in [0.4, 0.5) is 39.5 Å². The van der Waals surface area contributed by atoms with E-state index >= 15 is 0 Å². The molecule has 2 aromatic rings. The van der Waals surface area contributed by atoms with Gasteiger partial charge in [-0.25, -0.2) is 39.5 Å². The molecule has 0 aromatic heterocycles. The van der Waals surface area contributed by atoms with Crippen LogP contribution in [0.2, 0.25) is 0 Å². The number of hydrogen-bond acceptors (Lipinski definition) is 3. The second-order valence-corrected chi connectivity index (χ2v) is 8.56. The average molecular weight is 503 g/mol. The maximum atomic E-state index is 14.6. The molecule has 1 atom stereocenters. The average Bonchev–Trinajstić information content (AvgIpc) is 2.76. The summed E-state index contributed by atoms with van der Waals surface area (Å²) in [6, 6.07) is 0. The number of Topliss-reactive ketones (excluding diaryl/α,β-unsaturated/α-hetero) is 1. The zero-order valence-corrected chi connectivity index (χ0v) is 18.5. The predicted molar refractivity (Wildman–Crippen MR) is 104 cm³/mol. The molecule has 0 amide bonds. The maximum absolute atomic E-state index is 14.6. The number of carbonyl (C=O) groups excluding carboxylic acids is 1. The number of nitrogens with one attached hydrogen (secondary N) is 1. The fraction of sp³-hybridized carbons (Fsp3) is 0.381. The summed E-state index contributed by atoms with van der Waals surface area (Å²) < 4.78 is 127. The standard InChI is InChI=1S/C21H18F9NOS/c1-5-31-21(4,20(32)7(2)3)6-33-19-17(29)12(24)9(13(25)18(19)30)8-10(22)14(26)16(28)15(27)11(8)23/h7,31H,5-6H2,1-4H3. The second-order valence-electron chi connectivity index (χ2n) is 7.58. The van der Waals surface area contributed by atoms with Gasteiger partial charge >= 0.3 is 0 Å². The Morgan fingerprint density at radius 3 is 1.48 bits per heavy atom. The molecule has 0 aliphatic heterocycles. The molecule has 0 bridgehead atoms. The van der Waals surface area contributed by atoms with E-state index < -0.39 is 85.6 Å². The van der Waals surface area contributed by atoms with E-state index in [9.17, 15) is 44.3 Å². The highest BCUT2D eigenvalue weighted by Gasteiger charge is 2.37. The first kappa shape index (κ1) is 27.0. The molecule has 2 nitrogen and oxygen atoms in total. The van der Waals surface area contributed by atoms with Crippen molar-refractivity contribution < 1.29 is 44.3 Å². The lowest BCUT2D eigenvalue weighted by atomic mass is 9.91. The van der Waals surface area contributed by atoms with Crippen LogP contribution < -0.4 is 5.32 Å². The van der Waals surface area contributed by atoms with E-state index in [0.717, 1.165) is 0 Å².